The Balaban J connectivity index is 2.16. The molecule has 0 bridgehead atoms. The van der Waals surface area contributed by atoms with Crippen molar-refractivity contribution in [3.05, 3.63) is 58.6 Å². The number of ether oxygens (including phenoxy) is 2. The summed E-state index contributed by atoms with van der Waals surface area (Å²) < 4.78 is 11.0. The Morgan fingerprint density at radius 3 is 2.45 bits per heavy atom. The standard InChI is InChI=1S/C16H17ClO3/c1-11(18)15-8-7-14(19-2)9-16(15)20-10-12-3-5-13(17)6-4-12/h3-9,11,18H,10H2,1-2H3/t11-/m1/s1. The van der Waals surface area contributed by atoms with Gasteiger partial charge in [-0.1, -0.05) is 23.7 Å². The van der Waals surface area contributed by atoms with Crippen LogP contribution in [0.15, 0.2) is 42.5 Å². The summed E-state index contributed by atoms with van der Waals surface area (Å²) in [4.78, 5) is 0. The second-order valence-corrected chi connectivity index (χ2v) is 4.93. The molecular weight excluding hydrogens is 276 g/mol. The van der Waals surface area contributed by atoms with E-state index >= 15 is 0 Å². The maximum Gasteiger partial charge on any atom is 0.129 e. The van der Waals surface area contributed by atoms with Crippen molar-refractivity contribution in [3.63, 3.8) is 0 Å². The maximum absolute atomic E-state index is 9.76. The predicted octanol–water partition coefficient (Wildman–Crippen LogP) is 3.98. The van der Waals surface area contributed by atoms with Gasteiger partial charge >= 0.3 is 0 Å². The molecule has 106 valence electrons. The van der Waals surface area contributed by atoms with Crippen LogP contribution < -0.4 is 9.47 Å². The monoisotopic (exact) mass is 292 g/mol. The third-order valence-electron chi connectivity index (χ3n) is 2.98. The zero-order valence-electron chi connectivity index (χ0n) is 11.5. The van der Waals surface area contributed by atoms with E-state index in [4.69, 9.17) is 21.1 Å². The number of hydrogen-bond acceptors (Lipinski definition) is 3. The molecule has 0 spiro atoms. The fourth-order valence-electron chi connectivity index (χ4n) is 1.85. The molecule has 0 aliphatic rings. The first-order valence-corrected chi connectivity index (χ1v) is 6.71. The maximum atomic E-state index is 9.76. The average molecular weight is 293 g/mol. The molecule has 0 fully saturated rings. The Morgan fingerprint density at radius 2 is 1.85 bits per heavy atom. The van der Waals surface area contributed by atoms with E-state index in [0.717, 1.165) is 11.1 Å². The van der Waals surface area contributed by atoms with E-state index in [1.54, 1.807) is 32.2 Å². The summed E-state index contributed by atoms with van der Waals surface area (Å²) in [5.41, 5.74) is 1.74. The Labute approximate surface area is 123 Å². The molecule has 1 N–H and O–H groups in total. The summed E-state index contributed by atoms with van der Waals surface area (Å²) in [6.07, 6.45) is -0.596. The van der Waals surface area contributed by atoms with Crippen LogP contribution in [0.1, 0.15) is 24.2 Å². The highest BCUT2D eigenvalue weighted by Gasteiger charge is 2.10. The minimum atomic E-state index is -0.596. The predicted molar refractivity (Wildman–Crippen MR) is 79.4 cm³/mol. The third kappa shape index (κ3) is 3.65. The average Bonchev–Trinajstić information content (AvgIpc) is 2.46. The normalized spacial score (nSPS) is 12.0. The van der Waals surface area contributed by atoms with E-state index in [9.17, 15) is 5.11 Å². The molecule has 0 radical (unpaired) electrons. The molecule has 0 aliphatic carbocycles. The van der Waals surface area contributed by atoms with Gasteiger partial charge in [0.2, 0.25) is 0 Å². The van der Waals surface area contributed by atoms with Crippen molar-refractivity contribution in [3.8, 4) is 11.5 Å². The third-order valence-corrected chi connectivity index (χ3v) is 3.23. The van der Waals surface area contributed by atoms with Gasteiger partial charge in [0, 0.05) is 16.7 Å². The molecule has 2 rings (SSSR count). The molecule has 0 heterocycles. The number of rotatable bonds is 5. The molecular formula is C16H17ClO3. The van der Waals surface area contributed by atoms with Gasteiger partial charge in [-0.25, -0.2) is 0 Å². The van der Waals surface area contributed by atoms with Crippen LogP contribution >= 0.6 is 11.6 Å². The zero-order valence-corrected chi connectivity index (χ0v) is 12.2. The van der Waals surface area contributed by atoms with Crippen LogP contribution in [-0.2, 0) is 6.61 Å². The molecule has 0 amide bonds. The van der Waals surface area contributed by atoms with Crippen molar-refractivity contribution < 1.29 is 14.6 Å². The van der Waals surface area contributed by atoms with Crippen molar-refractivity contribution in [1.82, 2.24) is 0 Å². The number of hydrogen-bond donors (Lipinski definition) is 1. The largest absolute Gasteiger partial charge is 0.497 e. The molecule has 0 unspecified atom stereocenters. The highest BCUT2D eigenvalue weighted by Crippen LogP contribution is 2.30. The van der Waals surface area contributed by atoms with Gasteiger partial charge in [-0.05, 0) is 36.8 Å². The molecule has 3 nitrogen and oxygen atoms in total. The SMILES string of the molecule is COc1ccc([C@@H](C)O)c(OCc2ccc(Cl)cc2)c1. The highest BCUT2D eigenvalue weighted by molar-refractivity contribution is 6.30. The van der Waals surface area contributed by atoms with Crippen LogP contribution in [-0.4, -0.2) is 12.2 Å². The lowest BCUT2D eigenvalue weighted by Crippen LogP contribution is -2.01. The van der Waals surface area contributed by atoms with Crippen molar-refractivity contribution in [2.75, 3.05) is 7.11 Å². The summed E-state index contributed by atoms with van der Waals surface area (Å²) >= 11 is 5.84. The van der Waals surface area contributed by atoms with Gasteiger partial charge in [-0.3, -0.25) is 0 Å². The smallest absolute Gasteiger partial charge is 0.129 e. The number of benzene rings is 2. The van der Waals surface area contributed by atoms with E-state index in [-0.39, 0.29) is 0 Å². The van der Waals surface area contributed by atoms with E-state index < -0.39 is 6.10 Å². The first-order valence-electron chi connectivity index (χ1n) is 6.33. The van der Waals surface area contributed by atoms with Crippen LogP contribution in [0.25, 0.3) is 0 Å². The fourth-order valence-corrected chi connectivity index (χ4v) is 1.98. The topological polar surface area (TPSA) is 38.7 Å². The highest BCUT2D eigenvalue weighted by atomic mass is 35.5. The van der Waals surface area contributed by atoms with Crippen molar-refractivity contribution in [2.45, 2.75) is 19.6 Å². The zero-order chi connectivity index (χ0) is 14.5. The Morgan fingerprint density at radius 1 is 1.15 bits per heavy atom. The van der Waals surface area contributed by atoms with Crippen molar-refractivity contribution >= 4 is 11.6 Å². The summed E-state index contributed by atoms with van der Waals surface area (Å²) in [7, 11) is 1.60. The Kier molecular flexibility index (Phi) is 4.88. The molecule has 2 aromatic carbocycles. The minimum absolute atomic E-state index is 0.407. The molecule has 0 saturated heterocycles. The van der Waals surface area contributed by atoms with Crippen LogP contribution in [0.4, 0.5) is 0 Å². The van der Waals surface area contributed by atoms with Crippen LogP contribution in [0.2, 0.25) is 5.02 Å². The lowest BCUT2D eigenvalue weighted by atomic mass is 10.1. The summed E-state index contributed by atoms with van der Waals surface area (Å²) in [5, 5.41) is 10.5. The Bertz CT molecular complexity index is 564. The minimum Gasteiger partial charge on any atom is -0.497 e. The Hall–Kier alpha value is -1.71. The number of methoxy groups -OCH3 is 1. The number of aliphatic hydroxyl groups excluding tert-OH is 1. The summed E-state index contributed by atoms with van der Waals surface area (Å²) in [5.74, 6) is 1.31. The quantitative estimate of drug-likeness (QED) is 0.906. The van der Waals surface area contributed by atoms with Gasteiger partial charge in [0.15, 0.2) is 0 Å². The molecule has 0 saturated carbocycles. The van der Waals surface area contributed by atoms with Crippen LogP contribution in [0, 0.1) is 0 Å². The van der Waals surface area contributed by atoms with Crippen molar-refractivity contribution in [2.24, 2.45) is 0 Å². The van der Waals surface area contributed by atoms with Gasteiger partial charge in [0.25, 0.3) is 0 Å². The second kappa shape index (κ2) is 6.64. The molecule has 2 aromatic rings. The lowest BCUT2D eigenvalue weighted by molar-refractivity contribution is 0.190. The van der Waals surface area contributed by atoms with Crippen molar-refractivity contribution in [1.29, 1.82) is 0 Å². The fraction of sp³-hybridized carbons (Fsp3) is 0.250. The van der Waals surface area contributed by atoms with E-state index in [1.807, 2.05) is 24.3 Å². The molecule has 0 aliphatic heterocycles. The van der Waals surface area contributed by atoms with Gasteiger partial charge < -0.3 is 14.6 Å². The first kappa shape index (κ1) is 14.7. The number of aliphatic hydroxyl groups is 1. The van der Waals surface area contributed by atoms with E-state index in [2.05, 4.69) is 0 Å². The summed E-state index contributed by atoms with van der Waals surface area (Å²) in [6, 6.07) is 12.8. The van der Waals surface area contributed by atoms with E-state index in [1.165, 1.54) is 0 Å². The van der Waals surface area contributed by atoms with E-state index in [0.29, 0.717) is 23.1 Å². The van der Waals surface area contributed by atoms with Gasteiger partial charge in [-0.2, -0.15) is 0 Å². The molecule has 0 aromatic heterocycles. The van der Waals surface area contributed by atoms with Crippen LogP contribution in [0.5, 0.6) is 11.5 Å². The molecule has 4 heteroatoms. The second-order valence-electron chi connectivity index (χ2n) is 4.49. The summed E-state index contributed by atoms with van der Waals surface area (Å²) in [6.45, 7) is 2.11. The first-order chi connectivity index (χ1) is 9.60. The lowest BCUT2D eigenvalue weighted by Gasteiger charge is -2.14. The van der Waals surface area contributed by atoms with Gasteiger partial charge in [0.05, 0.1) is 13.2 Å². The number of halogens is 1. The van der Waals surface area contributed by atoms with Gasteiger partial charge in [0.1, 0.15) is 18.1 Å². The van der Waals surface area contributed by atoms with Crippen LogP contribution in [0.3, 0.4) is 0 Å². The van der Waals surface area contributed by atoms with Gasteiger partial charge in [-0.15, -0.1) is 0 Å². The molecule has 20 heavy (non-hydrogen) atoms. The molecule has 1 atom stereocenters.